The molecule has 4 rings (SSSR count). The van der Waals surface area contributed by atoms with Gasteiger partial charge in [-0.15, -0.1) is 5.10 Å². The van der Waals surface area contributed by atoms with Crippen LogP contribution in [0.4, 0.5) is 5.69 Å². The number of tetrazole rings is 1. The van der Waals surface area contributed by atoms with Gasteiger partial charge in [0.2, 0.25) is 21.1 Å². The molecule has 2 fully saturated rings. The van der Waals surface area contributed by atoms with E-state index in [1.165, 1.54) is 22.1 Å². The first-order valence-electron chi connectivity index (χ1n) is 10.9. The highest BCUT2D eigenvalue weighted by atomic mass is 32.2. The lowest BCUT2D eigenvalue weighted by Crippen LogP contribution is -2.40. The molecule has 2 aliphatic rings. The third-order valence-electron chi connectivity index (χ3n) is 5.59. The number of morpholine rings is 1. The highest BCUT2D eigenvalue weighted by Crippen LogP contribution is 2.26. The summed E-state index contributed by atoms with van der Waals surface area (Å²) in [5.74, 6) is -0.273. The minimum atomic E-state index is -3.67. The van der Waals surface area contributed by atoms with Gasteiger partial charge in [-0.05, 0) is 54.8 Å². The molecular weight excluding hydrogens is 468 g/mol. The number of thioether (sulfide) groups is 1. The standard InChI is InChI=1S/C20H28N6O5S2/c1-14-5-6-16(12-18(14)33(28,29)25-7-10-30-11-8-25)21-19(27)15(2)32-20-22-23-24-26(20)13-17-4-3-9-31-17/h5-6,12,15,17H,3-4,7-11,13H2,1-2H3,(H,21,27)/t15-,17+/m1/s1. The van der Waals surface area contributed by atoms with Crippen LogP contribution in [0.15, 0.2) is 28.3 Å². The summed E-state index contributed by atoms with van der Waals surface area (Å²) in [6.45, 7) is 6.15. The Hall–Kier alpha value is -2.06. The molecule has 1 aromatic heterocycles. The fourth-order valence-electron chi connectivity index (χ4n) is 3.71. The van der Waals surface area contributed by atoms with Crippen molar-refractivity contribution < 1.29 is 22.7 Å². The number of anilines is 1. The van der Waals surface area contributed by atoms with Gasteiger partial charge in [0.25, 0.3) is 0 Å². The van der Waals surface area contributed by atoms with Crippen LogP contribution in [0.25, 0.3) is 0 Å². The average molecular weight is 497 g/mol. The number of sulfonamides is 1. The number of hydrogen-bond acceptors (Lipinski definition) is 9. The number of aryl methyl sites for hydroxylation is 1. The maximum atomic E-state index is 13.1. The summed E-state index contributed by atoms with van der Waals surface area (Å²) >= 11 is 1.24. The summed E-state index contributed by atoms with van der Waals surface area (Å²) < 4.78 is 40.2. The van der Waals surface area contributed by atoms with Gasteiger partial charge >= 0.3 is 0 Å². The second-order valence-electron chi connectivity index (χ2n) is 8.02. The fourth-order valence-corrected chi connectivity index (χ4v) is 6.17. The van der Waals surface area contributed by atoms with Crippen molar-refractivity contribution in [1.82, 2.24) is 24.5 Å². The Morgan fingerprint density at radius 2 is 2.09 bits per heavy atom. The van der Waals surface area contributed by atoms with Crippen molar-refractivity contribution in [2.75, 3.05) is 38.2 Å². The minimum absolute atomic E-state index is 0.0800. The van der Waals surface area contributed by atoms with Crippen molar-refractivity contribution in [2.24, 2.45) is 0 Å². The number of nitrogens with one attached hydrogen (secondary N) is 1. The molecule has 0 radical (unpaired) electrons. The number of carbonyl (C=O) groups is 1. The quantitative estimate of drug-likeness (QED) is 0.538. The zero-order valence-electron chi connectivity index (χ0n) is 18.6. The maximum absolute atomic E-state index is 13.1. The second kappa shape index (κ2) is 10.5. The largest absolute Gasteiger partial charge is 0.379 e. The molecule has 0 spiro atoms. The van der Waals surface area contributed by atoms with Gasteiger partial charge in [0.15, 0.2) is 0 Å². The first-order chi connectivity index (χ1) is 15.8. The van der Waals surface area contributed by atoms with Gasteiger partial charge in [-0.2, -0.15) is 4.31 Å². The molecule has 0 aliphatic carbocycles. The molecule has 13 heteroatoms. The monoisotopic (exact) mass is 496 g/mol. The minimum Gasteiger partial charge on any atom is -0.379 e. The molecular formula is C20H28N6O5S2. The topological polar surface area (TPSA) is 129 Å². The predicted octanol–water partition coefficient (Wildman–Crippen LogP) is 1.30. The van der Waals surface area contributed by atoms with Crippen molar-refractivity contribution in [3.63, 3.8) is 0 Å². The number of aromatic nitrogens is 4. The molecule has 2 aliphatic heterocycles. The summed E-state index contributed by atoms with van der Waals surface area (Å²) in [6, 6.07) is 4.91. The first kappa shape index (κ1) is 24.1. The summed E-state index contributed by atoms with van der Waals surface area (Å²) in [4.78, 5) is 13.0. The SMILES string of the molecule is Cc1ccc(NC(=O)[C@@H](C)Sc2nnnn2C[C@@H]2CCCO2)cc1S(=O)(=O)N1CCOCC1. The van der Waals surface area contributed by atoms with Gasteiger partial charge in [0.1, 0.15) is 0 Å². The molecule has 11 nitrogen and oxygen atoms in total. The fraction of sp³-hybridized carbons (Fsp3) is 0.600. The highest BCUT2D eigenvalue weighted by Gasteiger charge is 2.28. The van der Waals surface area contributed by atoms with Crippen LogP contribution in [0.2, 0.25) is 0 Å². The Labute approximate surface area is 197 Å². The van der Waals surface area contributed by atoms with Crippen LogP contribution < -0.4 is 5.32 Å². The number of nitrogens with zero attached hydrogens (tertiary/aromatic N) is 5. The maximum Gasteiger partial charge on any atom is 0.243 e. The second-order valence-corrected chi connectivity index (χ2v) is 11.2. The first-order valence-corrected chi connectivity index (χ1v) is 13.2. The smallest absolute Gasteiger partial charge is 0.243 e. The molecule has 2 saturated heterocycles. The Morgan fingerprint density at radius 1 is 1.30 bits per heavy atom. The van der Waals surface area contributed by atoms with E-state index >= 15 is 0 Å². The summed E-state index contributed by atoms with van der Waals surface area (Å²) in [6.07, 6.45) is 2.06. The van der Waals surface area contributed by atoms with Crippen LogP contribution in [0.5, 0.6) is 0 Å². The van der Waals surface area contributed by atoms with E-state index in [0.29, 0.717) is 49.3 Å². The Morgan fingerprint density at radius 3 is 2.82 bits per heavy atom. The molecule has 2 aromatic rings. The molecule has 180 valence electrons. The Kier molecular flexibility index (Phi) is 7.64. The molecule has 1 amide bonds. The van der Waals surface area contributed by atoms with E-state index in [-0.39, 0.29) is 16.9 Å². The lowest BCUT2D eigenvalue weighted by Gasteiger charge is -2.27. The summed E-state index contributed by atoms with van der Waals surface area (Å²) in [7, 11) is -3.67. The molecule has 1 N–H and O–H groups in total. The number of hydrogen-bond donors (Lipinski definition) is 1. The summed E-state index contributed by atoms with van der Waals surface area (Å²) in [5, 5.41) is 14.6. The average Bonchev–Trinajstić information content (AvgIpc) is 3.48. The van der Waals surface area contributed by atoms with Crippen molar-refractivity contribution in [1.29, 1.82) is 0 Å². The van der Waals surface area contributed by atoms with Crippen LogP contribution in [0.1, 0.15) is 25.3 Å². The molecule has 0 saturated carbocycles. The van der Waals surface area contributed by atoms with Gasteiger partial charge in [0.05, 0.1) is 36.0 Å². The third kappa shape index (κ3) is 5.72. The number of amides is 1. The molecule has 2 atom stereocenters. The Bertz CT molecular complexity index is 1080. The van der Waals surface area contributed by atoms with E-state index in [1.807, 2.05) is 0 Å². The normalized spacial score (nSPS) is 20.6. The zero-order chi connectivity index (χ0) is 23.4. The van der Waals surface area contributed by atoms with Crippen LogP contribution in [0.3, 0.4) is 0 Å². The van der Waals surface area contributed by atoms with Gasteiger partial charge in [-0.25, -0.2) is 13.1 Å². The van der Waals surface area contributed by atoms with E-state index in [0.717, 1.165) is 19.4 Å². The number of ether oxygens (including phenoxy) is 2. The third-order valence-corrected chi connectivity index (χ3v) is 8.71. The molecule has 3 heterocycles. The molecule has 0 bridgehead atoms. The van der Waals surface area contributed by atoms with E-state index in [4.69, 9.17) is 9.47 Å². The van der Waals surface area contributed by atoms with Gasteiger partial charge in [-0.3, -0.25) is 4.79 Å². The number of carbonyl (C=O) groups excluding carboxylic acids is 1. The van der Waals surface area contributed by atoms with E-state index in [1.54, 1.807) is 30.7 Å². The lowest BCUT2D eigenvalue weighted by molar-refractivity contribution is -0.115. The molecule has 33 heavy (non-hydrogen) atoms. The van der Waals surface area contributed by atoms with E-state index in [2.05, 4.69) is 20.8 Å². The van der Waals surface area contributed by atoms with Crippen molar-refractivity contribution >= 4 is 33.4 Å². The van der Waals surface area contributed by atoms with Crippen LogP contribution in [0, 0.1) is 6.92 Å². The number of rotatable bonds is 8. The molecule has 0 unspecified atom stereocenters. The zero-order valence-corrected chi connectivity index (χ0v) is 20.3. The lowest BCUT2D eigenvalue weighted by atomic mass is 10.2. The van der Waals surface area contributed by atoms with Gasteiger partial charge in [0, 0.05) is 25.4 Å². The predicted molar refractivity (Wildman–Crippen MR) is 121 cm³/mol. The van der Waals surface area contributed by atoms with Crippen LogP contribution in [-0.2, 0) is 30.8 Å². The van der Waals surface area contributed by atoms with Gasteiger partial charge < -0.3 is 14.8 Å². The molecule has 1 aromatic carbocycles. The Balaban J connectivity index is 1.42. The van der Waals surface area contributed by atoms with Crippen LogP contribution >= 0.6 is 11.8 Å². The van der Waals surface area contributed by atoms with Gasteiger partial charge in [-0.1, -0.05) is 17.8 Å². The number of benzene rings is 1. The van der Waals surface area contributed by atoms with Crippen molar-refractivity contribution in [2.45, 2.75) is 54.6 Å². The van der Waals surface area contributed by atoms with E-state index in [9.17, 15) is 13.2 Å². The summed E-state index contributed by atoms with van der Waals surface area (Å²) in [5.41, 5.74) is 1.04. The van der Waals surface area contributed by atoms with Crippen molar-refractivity contribution in [3.05, 3.63) is 23.8 Å². The van der Waals surface area contributed by atoms with Crippen molar-refractivity contribution in [3.8, 4) is 0 Å². The van der Waals surface area contributed by atoms with Crippen LogP contribution in [-0.4, -0.2) is 83.1 Å². The highest BCUT2D eigenvalue weighted by molar-refractivity contribution is 8.00. The van der Waals surface area contributed by atoms with E-state index < -0.39 is 15.3 Å².